The number of hydrogen-bond acceptors (Lipinski definition) is 5. The summed E-state index contributed by atoms with van der Waals surface area (Å²) < 4.78 is 6.93. The van der Waals surface area contributed by atoms with E-state index in [1.54, 1.807) is 36.9 Å². The van der Waals surface area contributed by atoms with E-state index in [-0.39, 0.29) is 5.91 Å². The molecule has 2 heterocycles. The molecule has 0 bridgehead atoms. The molecule has 2 aromatic rings. The highest BCUT2D eigenvalue weighted by atomic mass is 35.5. The lowest BCUT2D eigenvalue weighted by Gasteiger charge is -2.26. The van der Waals surface area contributed by atoms with Gasteiger partial charge in [-0.25, -0.2) is 4.68 Å². The van der Waals surface area contributed by atoms with Crippen LogP contribution in [-0.4, -0.2) is 59.1 Å². The van der Waals surface area contributed by atoms with E-state index in [1.807, 2.05) is 0 Å². The number of halogens is 1. The molecule has 0 spiro atoms. The first-order valence-corrected chi connectivity index (χ1v) is 9.24. The molecular weight excluding hydrogens is 354 g/mol. The predicted octanol–water partition coefficient (Wildman–Crippen LogP) is 2.45. The van der Waals surface area contributed by atoms with Gasteiger partial charge in [-0.1, -0.05) is 23.2 Å². The van der Waals surface area contributed by atoms with Crippen molar-refractivity contribution in [3.05, 3.63) is 34.6 Å². The van der Waals surface area contributed by atoms with E-state index in [9.17, 15) is 4.79 Å². The van der Waals surface area contributed by atoms with Crippen LogP contribution in [0.4, 0.5) is 0 Å². The van der Waals surface area contributed by atoms with Crippen molar-refractivity contribution in [3.63, 3.8) is 0 Å². The van der Waals surface area contributed by atoms with Crippen LogP contribution in [-0.2, 0) is 0 Å². The predicted molar refractivity (Wildman–Crippen MR) is 100 cm³/mol. The molecule has 0 saturated carbocycles. The Bertz CT molecular complexity index is 771. The number of benzene rings is 1. The molecule has 0 aliphatic carbocycles. The number of nitrogens with zero attached hydrogens (tertiary/aromatic N) is 4. The van der Waals surface area contributed by atoms with E-state index in [4.69, 9.17) is 16.3 Å². The van der Waals surface area contributed by atoms with Gasteiger partial charge < -0.3 is 15.0 Å². The third kappa shape index (κ3) is 4.16. The second-order valence-corrected chi connectivity index (χ2v) is 6.85. The van der Waals surface area contributed by atoms with Crippen molar-refractivity contribution in [1.82, 2.24) is 25.2 Å². The van der Waals surface area contributed by atoms with Gasteiger partial charge in [0.1, 0.15) is 11.4 Å². The molecule has 1 aliphatic rings. The van der Waals surface area contributed by atoms with Crippen LogP contribution in [0.1, 0.15) is 35.4 Å². The van der Waals surface area contributed by atoms with Crippen LogP contribution < -0.4 is 10.1 Å². The normalized spacial score (nSPS) is 15.0. The molecule has 7 nitrogen and oxygen atoms in total. The van der Waals surface area contributed by atoms with Crippen molar-refractivity contribution in [3.8, 4) is 11.4 Å². The number of hydrogen-bond donors (Lipinski definition) is 1. The largest absolute Gasteiger partial charge is 0.494 e. The molecule has 1 aromatic heterocycles. The van der Waals surface area contributed by atoms with Crippen LogP contribution in [0.2, 0.25) is 5.02 Å². The molecule has 0 radical (unpaired) electrons. The lowest BCUT2D eigenvalue weighted by molar-refractivity contribution is 0.0941. The van der Waals surface area contributed by atoms with Crippen LogP contribution in [0.15, 0.2) is 18.2 Å². The lowest BCUT2D eigenvalue weighted by atomic mass is 10.1. The summed E-state index contributed by atoms with van der Waals surface area (Å²) in [6, 6.07) is 5.24. The van der Waals surface area contributed by atoms with Crippen LogP contribution in [0.5, 0.6) is 5.75 Å². The first-order valence-electron chi connectivity index (χ1n) is 8.87. The van der Waals surface area contributed by atoms with Crippen molar-refractivity contribution >= 4 is 17.5 Å². The van der Waals surface area contributed by atoms with Crippen LogP contribution in [0.25, 0.3) is 5.69 Å². The van der Waals surface area contributed by atoms with E-state index in [1.165, 1.54) is 19.3 Å². The van der Waals surface area contributed by atoms with E-state index in [2.05, 4.69) is 20.5 Å². The van der Waals surface area contributed by atoms with Gasteiger partial charge in [0, 0.05) is 18.1 Å². The fraction of sp³-hybridized carbons (Fsp3) is 0.500. The Morgan fingerprint density at radius 1 is 1.31 bits per heavy atom. The third-order valence-corrected chi connectivity index (χ3v) is 4.88. The monoisotopic (exact) mass is 377 g/mol. The van der Waals surface area contributed by atoms with E-state index < -0.39 is 0 Å². The molecular formula is C18H24ClN5O2. The quantitative estimate of drug-likeness (QED) is 0.837. The second-order valence-electron chi connectivity index (χ2n) is 6.41. The minimum absolute atomic E-state index is 0.216. The average molecular weight is 378 g/mol. The van der Waals surface area contributed by atoms with E-state index in [0.29, 0.717) is 34.4 Å². The molecule has 0 unspecified atom stereocenters. The van der Waals surface area contributed by atoms with Crippen LogP contribution >= 0.6 is 11.6 Å². The van der Waals surface area contributed by atoms with Gasteiger partial charge in [-0.2, -0.15) is 0 Å². The summed E-state index contributed by atoms with van der Waals surface area (Å²) >= 11 is 6.09. The molecule has 1 aromatic carbocycles. The topological polar surface area (TPSA) is 72.3 Å². The summed E-state index contributed by atoms with van der Waals surface area (Å²) in [4.78, 5) is 14.8. The maximum Gasteiger partial charge on any atom is 0.273 e. The smallest absolute Gasteiger partial charge is 0.273 e. The Morgan fingerprint density at radius 2 is 2.08 bits per heavy atom. The Labute approximate surface area is 158 Å². The zero-order chi connectivity index (χ0) is 18.5. The molecule has 1 aliphatic heterocycles. The highest BCUT2D eigenvalue weighted by Gasteiger charge is 2.19. The van der Waals surface area contributed by atoms with Crippen molar-refractivity contribution < 1.29 is 9.53 Å². The van der Waals surface area contributed by atoms with Crippen LogP contribution in [0.3, 0.4) is 0 Å². The number of carbonyl (C=O) groups excluding carboxylic acids is 1. The number of aromatic nitrogens is 3. The van der Waals surface area contributed by atoms with Gasteiger partial charge in [-0.15, -0.1) is 5.10 Å². The molecule has 3 rings (SSSR count). The van der Waals surface area contributed by atoms with Gasteiger partial charge in [0.25, 0.3) is 5.91 Å². The van der Waals surface area contributed by atoms with Crippen molar-refractivity contribution in [2.75, 3.05) is 33.3 Å². The van der Waals surface area contributed by atoms with Gasteiger partial charge in [-0.3, -0.25) is 4.79 Å². The van der Waals surface area contributed by atoms with Crippen molar-refractivity contribution in [2.24, 2.45) is 0 Å². The van der Waals surface area contributed by atoms with E-state index >= 15 is 0 Å². The number of amides is 1. The van der Waals surface area contributed by atoms with Crippen molar-refractivity contribution in [1.29, 1.82) is 0 Å². The Balaban J connectivity index is 1.68. The Kier molecular flexibility index (Phi) is 6.11. The summed E-state index contributed by atoms with van der Waals surface area (Å²) in [6.45, 7) is 5.49. The fourth-order valence-electron chi connectivity index (χ4n) is 3.19. The number of methoxy groups -OCH3 is 1. The fourth-order valence-corrected chi connectivity index (χ4v) is 3.36. The number of likely N-dealkylation sites (tertiary alicyclic amines) is 1. The summed E-state index contributed by atoms with van der Waals surface area (Å²) in [5.41, 5.74) is 1.60. The maximum atomic E-state index is 12.5. The molecule has 0 atom stereocenters. The number of piperidine rings is 1. The number of carbonyl (C=O) groups is 1. The molecule has 1 N–H and O–H groups in total. The summed E-state index contributed by atoms with van der Waals surface area (Å²) in [5, 5.41) is 11.7. The van der Waals surface area contributed by atoms with Gasteiger partial charge >= 0.3 is 0 Å². The average Bonchev–Trinajstić information content (AvgIpc) is 3.04. The lowest BCUT2D eigenvalue weighted by Crippen LogP contribution is -2.37. The highest BCUT2D eigenvalue weighted by Crippen LogP contribution is 2.27. The Morgan fingerprint density at radius 3 is 2.81 bits per heavy atom. The summed E-state index contributed by atoms with van der Waals surface area (Å²) in [5.74, 6) is 0.395. The SMILES string of the molecule is COc1ccc(Cl)cc1-n1nnc(C(=O)NCCN2CCCCC2)c1C. The summed E-state index contributed by atoms with van der Waals surface area (Å²) in [7, 11) is 1.58. The summed E-state index contributed by atoms with van der Waals surface area (Å²) in [6.07, 6.45) is 3.78. The number of ether oxygens (including phenoxy) is 1. The Hall–Kier alpha value is -2.12. The minimum atomic E-state index is -0.216. The molecule has 1 fully saturated rings. The van der Waals surface area contributed by atoms with Crippen LogP contribution in [0, 0.1) is 6.92 Å². The maximum absolute atomic E-state index is 12.5. The van der Waals surface area contributed by atoms with Gasteiger partial charge in [-0.05, 0) is 51.1 Å². The van der Waals surface area contributed by atoms with Gasteiger partial charge in [0.05, 0.1) is 12.8 Å². The standard InChI is InChI=1S/C18H24ClN5O2/c1-13-17(18(25)20-8-11-23-9-4-3-5-10-23)21-22-24(13)15-12-14(19)6-7-16(15)26-2/h6-7,12H,3-5,8-11H2,1-2H3,(H,20,25). The van der Waals surface area contributed by atoms with Crippen molar-refractivity contribution in [2.45, 2.75) is 26.2 Å². The molecule has 26 heavy (non-hydrogen) atoms. The zero-order valence-electron chi connectivity index (χ0n) is 15.2. The molecule has 1 amide bonds. The first-order chi connectivity index (χ1) is 12.6. The number of nitrogens with one attached hydrogen (secondary N) is 1. The third-order valence-electron chi connectivity index (χ3n) is 4.64. The molecule has 8 heteroatoms. The molecule has 1 saturated heterocycles. The number of rotatable bonds is 6. The van der Waals surface area contributed by atoms with Gasteiger partial charge in [0.2, 0.25) is 0 Å². The highest BCUT2D eigenvalue weighted by molar-refractivity contribution is 6.30. The van der Waals surface area contributed by atoms with Gasteiger partial charge in [0.15, 0.2) is 5.69 Å². The zero-order valence-corrected chi connectivity index (χ0v) is 15.9. The minimum Gasteiger partial charge on any atom is -0.494 e. The van der Waals surface area contributed by atoms with E-state index in [0.717, 1.165) is 19.6 Å². The second kappa shape index (κ2) is 8.51. The molecule has 140 valence electrons. The first kappa shape index (κ1) is 18.7.